The van der Waals surface area contributed by atoms with Crippen molar-refractivity contribution in [1.29, 1.82) is 0 Å². The number of allylic oxidation sites excluding steroid dienone is 1. The molecule has 0 saturated carbocycles. The third-order valence-corrected chi connectivity index (χ3v) is 3.13. The van der Waals surface area contributed by atoms with Crippen LogP contribution in [-0.2, 0) is 4.79 Å². The van der Waals surface area contributed by atoms with E-state index in [1.54, 1.807) is 12.2 Å². The van der Waals surface area contributed by atoms with Crippen molar-refractivity contribution in [2.24, 2.45) is 0 Å². The molecule has 0 fully saturated rings. The number of ketones is 1. The van der Waals surface area contributed by atoms with Crippen molar-refractivity contribution >= 4 is 46.0 Å². The third kappa shape index (κ3) is 2.27. The molecule has 1 aromatic carbocycles. The van der Waals surface area contributed by atoms with Crippen LogP contribution in [0.15, 0.2) is 28.6 Å². The van der Waals surface area contributed by atoms with E-state index in [1.165, 1.54) is 18.3 Å². The third-order valence-electron chi connectivity index (χ3n) is 1.94. The Labute approximate surface area is 97.1 Å². The zero-order chi connectivity index (χ0) is 10.8. The first kappa shape index (κ1) is 10.4. The summed E-state index contributed by atoms with van der Waals surface area (Å²) in [5.74, 6) is 0.0355. The number of nitrogens with zero attached hydrogens (tertiary/aromatic N) is 1. The van der Waals surface area contributed by atoms with E-state index in [4.69, 9.17) is 0 Å². The Bertz CT molecular complexity index is 543. The molecule has 4 heteroatoms. The summed E-state index contributed by atoms with van der Waals surface area (Å²) < 4.78 is 1.83. The number of carbonyl (C=O) groups excluding carboxylic acids is 1. The predicted molar refractivity (Wildman–Crippen MR) is 66.6 cm³/mol. The van der Waals surface area contributed by atoms with E-state index in [-0.39, 0.29) is 5.78 Å². The molecule has 0 N–H and O–H groups in total. The number of aromatic nitrogens is 1. The van der Waals surface area contributed by atoms with Gasteiger partial charge in [0.05, 0.1) is 10.2 Å². The zero-order valence-corrected chi connectivity index (χ0v) is 9.81. The van der Waals surface area contributed by atoms with Gasteiger partial charge in [-0.1, -0.05) is 12.1 Å². The molecule has 0 aliphatic carbocycles. The van der Waals surface area contributed by atoms with Gasteiger partial charge in [-0.2, -0.15) is 0 Å². The number of rotatable bonds is 2. The van der Waals surface area contributed by atoms with E-state index in [2.05, 4.69) is 17.6 Å². The van der Waals surface area contributed by atoms with E-state index >= 15 is 0 Å². The Hall–Kier alpha value is -1.13. The van der Waals surface area contributed by atoms with Crippen LogP contribution in [0.5, 0.6) is 0 Å². The van der Waals surface area contributed by atoms with Gasteiger partial charge >= 0.3 is 0 Å². The average Bonchev–Trinajstić information content (AvgIpc) is 2.55. The molecule has 1 heterocycles. The number of hydrogen-bond donors (Lipinski definition) is 1. The van der Waals surface area contributed by atoms with Gasteiger partial charge in [0.2, 0.25) is 0 Å². The highest BCUT2D eigenvalue weighted by Gasteiger charge is 2.03. The zero-order valence-electron chi connectivity index (χ0n) is 8.10. The Morgan fingerprint density at radius 3 is 3.07 bits per heavy atom. The Kier molecular flexibility index (Phi) is 2.88. The average molecular weight is 235 g/mol. The fourth-order valence-electron chi connectivity index (χ4n) is 1.30. The summed E-state index contributed by atoms with van der Waals surface area (Å²) in [4.78, 5) is 15.1. The molecule has 15 heavy (non-hydrogen) atoms. The fourth-order valence-corrected chi connectivity index (χ4v) is 2.44. The maximum absolute atomic E-state index is 10.8. The fraction of sp³-hybridized carbons (Fsp3) is 0.0909. The second kappa shape index (κ2) is 4.16. The van der Waals surface area contributed by atoms with Crippen LogP contribution >= 0.6 is 24.0 Å². The monoisotopic (exact) mass is 235 g/mol. The van der Waals surface area contributed by atoms with Gasteiger partial charge < -0.3 is 0 Å². The van der Waals surface area contributed by atoms with E-state index < -0.39 is 0 Å². The van der Waals surface area contributed by atoms with E-state index in [1.807, 2.05) is 18.2 Å². The largest absolute Gasteiger partial charge is 0.295 e. The summed E-state index contributed by atoms with van der Waals surface area (Å²) in [6.07, 6.45) is 3.34. The second-order valence-corrected chi connectivity index (χ2v) is 4.89. The number of thiol groups is 1. The van der Waals surface area contributed by atoms with Gasteiger partial charge in [0.25, 0.3) is 0 Å². The first-order chi connectivity index (χ1) is 7.16. The lowest BCUT2D eigenvalue weighted by Gasteiger charge is -1.93. The molecular weight excluding hydrogens is 226 g/mol. The number of hydrogen-bond acceptors (Lipinski definition) is 4. The van der Waals surface area contributed by atoms with Crippen molar-refractivity contribution in [3.8, 4) is 0 Å². The molecule has 0 radical (unpaired) electrons. The predicted octanol–water partition coefficient (Wildman–Crippen LogP) is 3.19. The minimum Gasteiger partial charge on any atom is -0.295 e. The molecule has 0 aliphatic heterocycles. The lowest BCUT2D eigenvalue weighted by atomic mass is 10.2. The van der Waals surface area contributed by atoms with Gasteiger partial charge in [0.15, 0.2) is 5.78 Å². The molecular formula is C11H9NOS2. The maximum atomic E-state index is 10.8. The minimum atomic E-state index is 0.0355. The summed E-state index contributed by atoms with van der Waals surface area (Å²) >= 11 is 5.75. The second-order valence-electron chi connectivity index (χ2n) is 3.13. The lowest BCUT2D eigenvalue weighted by molar-refractivity contribution is -0.112. The normalized spacial score (nSPS) is 11.3. The van der Waals surface area contributed by atoms with Crippen molar-refractivity contribution in [2.75, 3.05) is 0 Å². The van der Waals surface area contributed by atoms with Gasteiger partial charge in [0.1, 0.15) is 4.34 Å². The SMILES string of the molecule is CC(=O)C=Cc1cccc2sc(S)nc12. The summed E-state index contributed by atoms with van der Waals surface area (Å²) in [6, 6.07) is 5.89. The molecule has 0 aliphatic rings. The molecule has 2 aromatic rings. The van der Waals surface area contributed by atoms with Crippen molar-refractivity contribution < 1.29 is 4.79 Å². The van der Waals surface area contributed by atoms with Crippen LogP contribution < -0.4 is 0 Å². The number of para-hydroxylation sites is 1. The first-order valence-electron chi connectivity index (χ1n) is 4.44. The molecule has 0 atom stereocenters. The molecule has 0 bridgehead atoms. The molecule has 76 valence electrons. The Morgan fingerprint density at radius 2 is 2.33 bits per heavy atom. The molecule has 0 saturated heterocycles. The summed E-state index contributed by atoms with van der Waals surface area (Å²) in [6.45, 7) is 1.53. The standard InChI is InChI=1S/C11H9NOS2/c1-7(13)5-6-8-3-2-4-9-10(8)12-11(14)15-9/h2-6H,1H3,(H,12,14). The highest BCUT2D eigenvalue weighted by molar-refractivity contribution is 7.82. The summed E-state index contributed by atoms with van der Waals surface area (Å²) in [7, 11) is 0. The topological polar surface area (TPSA) is 30.0 Å². The van der Waals surface area contributed by atoms with E-state index in [0.717, 1.165) is 20.1 Å². The lowest BCUT2D eigenvalue weighted by Crippen LogP contribution is -1.81. The van der Waals surface area contributed by atoms with Crippen molar-refractivity contribution in [3.05, 3.63) is 29.8 Å². The summed E-state index contributed by atoms with van der Waals surface area (Å²) in [5, 5.41) is 0. The van der Waals surface area contributed by atoms with Crippen LogP contribution in [0.3, 0.4) is 0 Å². The van der Waals surface area contributed by atoms with Gasteiger partial charge in [-0.15, -0.1) is 24.0 Å². The van der Waals surface area contributed by atoms with Crippen molar-refractivity contribution in [2.45, 2.75) is 11.3 Å². The molecule has 0 amide bonds. The van der Waals surface area contributed by atoms with E-state index in [9.17, 15) is 4.79 Å². The van der Waals surface area contributed by atoms with Crippen LogP contribution in [0.25, 0.3) is 16.3 Å². The van der Waals surface area contributed by atoms with Crippen LogP contribution in [-0.4, -0.2) is 10.8 Å². The van der Waals surface area contributed by atoms with E-state index in [0.29, 0.717) is 0 Å². The van der Waals surface area contributed by atoms with Crippen molar-refractivity contribution in [1.82, 2.24) is 4.98 Å². The van der Waals surface area contributed by atoms with Crippen LogP contribution in [0.1, 0.15) is 12.5 Å². The van der Waals surface area contributed by atoms with Crippen LogP contribution in [0.4, 0.5) is 0 Å². The highest BCUT2D eigenvalue weighted by atomic mass is 32.2. The van der Waals surface area contributed by atoms with Gasteiger partial charge in [0, 0.05) is 5.56 Å². The number of thiazole rings is 1. The molecule has 0 spiro atoms. The summed E-state index contributed by atoms with van der Waals surface area (Å²) in [5.41, 5.74) is 1.87. The molecule has 0 unspecified atom stereocenters. The molecule has 2 nitrogen and oxygen atoms in total. The number of carbonyl (C=O) groups is 1. The van der Waals surface area contributed by atoms with Crippen LogP contribution in [0, 0.1) is 0 Å². The highest BCUT2D eigenvalue weighted by Crippen LogP contribution is 2.27. The van der Waals surface area contributed by atoms with Gasteiger partial charge in [-0.25, -0.2) is 4.98 Å². The maximum Gasteiger partial charge on any atom is 0.152 e. The van der Waals surface area contributed by atoms with Gasteiger partial charge in [-0.3, -0.25) is 4.79 Å². The van der Waals surface area contributed by atoms with Crippen molar-refractivity contribution in [3.63, 3.8) is 0 Å². The van der Waals surface area contributed by atoms with Crippen LogP contribution in [0.2, 0.25) is 0 Å². The minimum absolute atomic E-state index is 0.0355. The number of benzene rings is 1. The Morgan fingerprint density at radius 1 is 1.53 bits per heavy atom. The quantitative estimate of drug-likeness (QED) is 0.640. The Balaban J connectivity index is 2.55. The number of fused-ring (bicyclic) bond motifs is 1. The van der Waals surface area contributed by atoms with Gasteiger partial charge in [-0.05, 0) is 25.1 Å². The molecule has 1 aromatic heterocycles. The first-order valence-corrected chi connectivity index (χ1v) is 5.70. The molecule has 2 rings (SSSR count). The smallest absolute Gasteiger partial charge is 0.152 e.